The maximum Gasteiger partial charge on any atom is 0.335 e. The summed E-state index contributed by atoms with van der Waals surface area (Å²) < 4.78 is 34.6. The van der Waals surface area contributed by atoms with Gasteiger partial charge in [0.2, 0.25) is 0 Å². The minimum atomic E-state index is -1.22. The standard InChI is InChI=1S/C38H40FN7O7/c1-24-20-26(45-13-17-52-18-14-45)22-29(39)33(24)35(47)42-30(37(49)53-19-12-44-10-15-51-16-11-44)21-25-5-6-31(34-27(25)4-3-8-41-34)46-36(48)28-7-9-40-23-32(28)43(2)38(46)50/h3-9,20,22-23,30H,10-19,21H2,1-2H3,(H,42,47). The van der Waals surface area contributed by atoms with Gasteiger partial charge in [0.25, 0.3) is 11.5 Å². The minimum absolute atomic E-state index is 0.0482. The maximum atomic E-state index is 15.7. The second-order valence-electron chi connectivity index (χ2n) is 13.1. The summed E-state index contributed by atoms with van der Waals surface area (Å²) in [6.07, 6.45) is 4.44. The number of pyridine rings is 2. The van der Waals surface area contributed by atoms with E-state index >= 15 is 4.39 Å². The molecule has 0 aliphatic carbocycles. The normalized spacial score (nSPS) is 15.8. The average Bonchev–Trinajstić information content (AvgIpc) is 3.18. The molecule has 1 unspecified atom stereocenters. The number of aryl methyl sites for hydroxylation is 2. The van der Waals surface area contributed by atoms with E-state index < -0.39 is 35.0 Å². The molecular weight excluding hydrogens is 685 g/mol. The summed E-state index contributed by atoms with van der Waals surface area (Å²) in [5.74, 6) is -2.16. The topological polar surface area (TPSA) is 150 Å². The first-order valence-corrected chi connectivity index (χ1v) is 17.5. The molecule has 1 atom stereocenters. The second-order valence-corrected chi connectivity index (χ2v) is 13.1. The zero-order valence-electron chi connectivity index (χ0n) is 29.5. The number of benzene rings is 2. The van der Waals surface area contributed by atoms with Crippen LogP contribution in [0.25, 0.3) is 27.5 Å². The first-order chi connectivity index (χ1) is 25.7. The molecule has 14 nitrogen and oxygen atoms in total. The molecule has 0 saturated carbocycles. The molecule has 3 aromatic heterocycles. The van der Waals surface area contributed by atoms with Gasteiger partial charge in [0.15, 0.2) is 0 Å². The summed E-state index contributed by atoms with van der Waals surface area (Å²) in [5.41, 5.74) is 1.34. The van der Waals surface area contributed by atoms with E-state index in [4.69, 9.17) is 14.2 Å². The maximum absolute atomic E-state index is 15.7. The van der Waals surface area contributed by atoms with Crippen LogP contribution < -0.4 is 21.5 Å². The molecule has 2 fully saturated rings. The molecule has 1 N–H and O–H groups in total. The number of morpholine rings is 2. The van der Waals surface area contributed by atoms with Crippen molar-refractivity contribution in [3.63, 3.8) is 0 Å². The van der Waals surface area contributed by atoms with Crippen molar-refractivity contribution >= 4 is 39.4 Å². The molecular formula is C38H40FN7O7. The lowest BCUT2D eigenvalue weighted by Crippen LogP contribution is -2.45. The van der Waals surface area contributed by atoms with E-state index in [0.29, 0.717) is 97.8 Å². The van der Waals surface area contributed by atoms with Crippen molar-refractivity contribution in [2.45, 2.75) is 19.4 Å². The van der Waals surface area contributed by atoms with E-state index in [9.17, 15) is 19.2 Å². The largest absolute Gasteiger partial charge is 0.463 e. The number of halogens is 1. The predicted molar refractivity (Wildman–Crippen MR) is 195 cm³/mol. The fourth-order valence-electron chi connectivity index (χ4n) is 6.94. The average molecular weight is 726 g/mol. The Labute approximate surface area is 303 Å². The summed E-state index contributed by atoms with van der Waals surface area (Å²) >= 11 is 0. The Morgan fingerprint density at radius 3 is 2.49 bits per heavy atom. The molecule has 2 aliphatic rings. The van der Waals surface area contributed by atoms with Gasteiger partial charge in [-0.05, 0) is 48.4 Å². The molecule has 15 heteroatoms. The number of amides is 1. The predicted octanol–water partition coefficient (Wildman–Crippen LogP) is 2.13. The molecule has 0 bridgehead atoms. The van der Waals surface area contributed by atoms with Gasteiger partial charge in [-0.1, -0.05) is 12.1 Å². The number of anilines is 1. The number of nitrogens with one attached hydrogen (secondary N) is 1. The molecule has 53 heavy (non-hydrogen) atoms. The van der Waals surface area contributed by atoms with Crippen molar-refractivity contribution < 1.29 is 28.2 Å². The van der Waals surface area contributed by atoms with Crippen molar-refractivity contribution in [2.24, 2.45) is 7.05 Å². The number of carbonyl (C=O) groups is 2. The van der Waals surface area contributed by atoms with E-state index in [2.05, 4.69) is 20.2 Å². The van der Waals surface area contributed by atoms with Gasteiger partial charge in [-0.25, -0.2) is 18.5 Å². The fourth-order valence-corrected chi connectivity index (χ4v) is 6.94. The Balaban J connectivity index is 1.21. The van der Waals surface area contributed by atoms with E-state index in [1.54, 1.807) is 56.6 Å². The highest BCUT2D eigenvalue weighted by Crippen LogP contribution is 2.26. The van der Waals surface area contributed by atoms with E-state index in [0.717, 1.165) is 4.57 Å². The molecule has 0 radical (unpaired) electrons. The SMILES string of the molecule is Cc1cc(N2CCOCC2)cc(F)c1C(=O)NC(Cc1ccc(-n2c(=O)c3ccncc3n(C)c2=O)c2ncccc12)C(=O)OCCN1CCOCC1. The van der Waals surface area contributed by atoms with Crippen molar-refractivity contribution in [1.29, 1.82) is 0 Å². The van der Waals surface area contributed by atoms with Crippen LogP contribution in [0.4, 0.5) is 10.1 Å². The number of hydrogen-bond acceptors (Lipinski definition) is 11. The molecule has 7 rings (SSSR count). The van der Waals surface area contributed by atoms with E-state index in [1.165, 1.54) is 23.0 Å². The molecule has 276 valence electrons. The van der Waals surface area contributed by atoms with Gasteiger partial charge >= 0.3 is 11.7 Å². The van der Waals surface area contributed by atoms with E-state index in [1.807, 2.05) is 4.90 Å². The molecule has 1 amide bonds. The van der Waals surface area contributed by atoms with Crippen LogP contribution >= 0.6 is 0 Å². The number of ether oxygens (including phenoxy) is 3. The number of aromatic nitrogens is 4. The Kier molecular flexibility index (Phi) is 10.6. The first-order valence-electron chi connectivity index (χ1n) is 17.5. The van der Waals surface area contributed by atoms with Gasteiger partial charge in [0, 0.05) is 69.7 Å². The third-order valence-electron chi connectivity index (χ3n) is 9.80. The summed E-state index contributed by atoms with van der Waals surface area (Å²) in [7, 11) is 1.56. The molecule has 2 aromatic carbocycles. The second kappa shape index (κ2) is 15.6. The van der Waals surface area contributed by atoms with Crippen LogP contribution in [0.15, 0.2) is 70.6 Å². The van der Waals surface area contributed by atoms with Crippen molar-refractivity contribution in [3.8, 4) is 5.69 Å². The summed E-state index contributed by atoms with van der Waals surface area (Å²) in [5, 5.41) is 3.60. The summed E-state index contributed by atoms with van der Waals surface area (Å²) in [4.78, 5) is 67.5. The van der Waals surface area contributed by atoms with Crippen LogP contribution in [0.5, 0.6) is 0 Å². The van der Waals surface area contributed by atoms with Crippen LogP contribution in [0.2, 0.25) is 0 Å². The Morgan fingerprint density at radius 1 is 0.981 bits per heavy atom. The minimum Gasteiger partial charge on any atom is -0.463 e. The highest BCUT2D eigenvalue weighted by Gasteiger charge is 2.28. The lowest BCUT2D eigenvalue weighted by molar-refractivity contribution is -0.146. The monoisotopic (exact) mass is 725 g/mol. The Bertz CT molecular complexity index is 2270. The fraction of sp³-hybridized carbons (Fsp3) is 0.368. The number of fused-ring (bicyclic) bond motifs is 2. The van der Waals surface area contributed by atoms with Crippen LogP contribution in [-0.2, 0) is 32.5 Å². The summed E-state index contributed by atoms with van der Waals surface area (Å²) in [6.45, 7) is 7.08. The zero-order chi connectivity index (χ0) is 37.1. The molecule has 2 aliphatic heterocycles. The van der Waals surface area contributed by atoms with E-state index in [-0.39, 0.29) is 24.3 Å². The highest BCUT2D eigenvalue weighted by atomic mass is 19.1. The van der Waals surface area contributed by atoms with Gasteiger partial charge in [-0.3, -0.25) is 29.0 Å². The Morgan fingerprint density at radius 2 is 1.74 bits per heavy atom. The van der Waals surface area contributed by atoms with Gasteiger partial charge in [-0.2, -0.15) is 0 Å². The number of rotatable bonds is 10. The zero-order valence-corrected chi connectivity index (χ0v) is 29.5. The van der Waals surface area contributed by atoms with Crippen LogP contribution in [0.3, 0.4) is 0 Å². The lowest BCUT2D eigenvalue weighted by Gasteiger charge is -2.29. The van der Waals surface area contributed by atoms with Gasteiger partial charge in [0.1, 0.15) is 18.5 Å². The van der Waals surface area contributed by atoms with Crippen LogP contribution in [-0.4, -0.2) is 108 Å². The molecule has 5 heterocycles. The quantitative estimate of drug-likeness (QED) is 0.211. The van der Waals surface area contributed by atoms with Gasteiger partial charge in [-0.15, -0.1) is 0 Å². The molecule has 2 saturated heterocycles. The summed E-state index contributed by atoms with van der Waals surface area (Å²) in [6, 6.07) is 10.2. The van der Waals surface area contributed by atoms with Gasteiger partial charge < -0.3 is 24.4 Å². The van der Waals surface area contributed by atoms with Crippen molar-refractivity contribution in [3.05, 3.63) is 104 Å². The third-order valence-corrected chi connectivity index (χ3v) is 9.80. The van der Waals surface area contributed by atoms with Gasteiger partial charge in [0.05, 0.1) is 60.3 Å². The number of esters is 1. The lowest BCUT2D eigenvalue weighted by atomic mass is 9.99. The van der Waals surface area contributed by atoms with Crippen LogP contribution in [0.1, 0.15) is 21.5 Å². The van der Waals surface area contributed by atoms with Crippen molar-refractivity contribution in [2.75, 3.05) is 70.7 Å². The number of hydrogen-bond donors (Lipinski definition) is 1. The molecule has 0 spiro atoms. The Hall–Kier alpha value is -5.51. The molecule has 5 aromatic rings. The number of carbonyl (C=O) groups excluding carboxylic acids is 2. The number of nitrogens with zero attached hydrogens (tertiary/aromatic N) is 6. The van der Waals surface area contributed by atoms with Crippen LogP contribution in [0, 0.1) is 12.7 Å². The highest BCUT2D eigenvalue weighted by molar-refractivity contribution is 5.99. The smallest absolute Gasteiger partial charge is 0.335 e. The first kappa shape index (κ1) is 35.9. The third kappa shape index (κ3) is 7.40. The van der Waals surface area contributed by atoms with Crippen molar-refractivity contribution in [1.82, 2.24) is 29.3 Å².